The second-order valence-electron chi connectivity index (χ2n) is 21.2. The van der Waals surface area contributed by atoms with E-state index in [9.17, 15) is 38.8 Å². The minimum absolute atomic E-state index is 0. The molecule has 0 spiro atoms. The first-order valence-corrected chi connectivity index (χ1v) is 26.8. The Bertz CT molecular complexity index is 3530. The molecule has 10 rings (SSSR count). The topological polar surface area (TPSA) is 183 Å². The van der Waals surface area contributed by atoms with E-state index in [1.165, 1.54) is 48.5 Å². The Kier molecular flexibility index (Phi) is 38.7. The molecule has 0 aliphatic carbocycles. The first-order valence-electron chi connectivity index (χ1n) is 26.8. The van der Waals surface area contributed by atoms with Crippen LogP contribution in [0.2, 0.25) is 0 Å². The standard InChI is InChI=1S/C43H38O5.C15H16O2.C13H8F2O.CH2O3.6CH4.2K.H/c1-42(2,31-9-17-35(44)18-10-31)33-13-25-39(26-14-33)47-37-21-5-29(6-22-37)41(46)30-7-23-38(24-8-30)48-40-27-15-34(16-28-40)43(3,4)32-11-19-36(45)20-12-32;1-15(2,11-3-7-13(16)8-4-11)12-5-9-14(17)10-6-12;14-11-5-1-9(2-6-11)13(16)10-3-7-12(15)8-4-10;2-1-4-3;;;;;;;;;/h5-28,44-45H,1-4H3;3-10,16-17H,1-2H3;1-8H;1,3H;6*1H4;;;/q;;;;;;;;;;2*+1;-1/p-1. The van der Waals surface area contributed by atoms with Crippen molar-refractivity contribution in [2.45, 2.75) is 102 Å². The number of phenolic OH excluding ortho intramolecular Hbond substituents is 4. The fourth-order valence-corrected chi connectivity index (χ4v) is 9.05. The van der Waals surface area contributed by atoms with E-state index in [1.807, 2.05) is 97.1 Å². The van der Waals surface area contributed by atoms with Crippen molar-refractivity contribution in [3.63, 3.8) is 0 Å². The van der Waals surface area contributed by atoms with Gasteiger partial charge in [-0.3, -0.25) is 14.4 Å². The van der Waals surface area contributed by atoms with E-state index in [0.717, 1.165) is 33.4 Å². The molecule has 0 atom stereocenters. The molecule has 0 unspecified atom stereocenters. The predicted molar refractivity (Wildman–Crippen MR) is 363 cm³/mol. The van der Waals surface area contributed by atoms with Crippen molar-refractivity contribution in [2.24, 2.45) is 0 Å². The Labute approximate surface area is 636 Å². The second-order valence-corrected chi connectivity index (χ2v) is 21.2. The van der Waals surface area contributed by atoms with Gasteiger partial charge in [0.15, 0.2) is 11.6 Å². The van der Waals surface area contributed by atoms with E-state index in [4.69, 9.17) is 19.5 Å². The molecule has 93 heavy (non-hydrogen) atoms. The number of halogens is 2. The minimum Gasteiger partial charge on any atom is -1.00 e. The number of ketones is 2. The van der Waals surface area contributed by atoms with Crippen LogP contribution < -0.4 is 118 Å². The Morgan fingerprint density at radius 2 is 0.484 bits per heavy atom. The number of aromatic hydroxyl groups is 4. The third-order valence-corrected chi connectivity index (χ3v) is 14.5. The number of rotatable bonds is 15. The summed E-state index contributed by atoms with van der Waals surface area (Å²) in [6.07, 6.45) is 0. The number of ether oxygens (including phenoxy) is 2. The predicted octanol–water partition coefficient (Wildman–Crippen LogP) is 13.6. The van der Waals surface area contributed by atoms with Crippen molar-refractivity contribution in [1.29, 1.82) is 0 Å². The fourth-order valence-electron chi connectivity index (χ4n) is 9.05. The molecule has 15 heteroatoms. The van der Waals surface area contributed by atoms with Gasteiger partial charge < -0.3 is 41.5 Å². The van der Waals surface area contributed by atoms with Gasteiger partial charge in [-0.15, -0.1) is 0 Å². The first kappa shape index (κ1) is 88.0. The van der Waals surface area contributed by atoms with Crippen LogP contribution >= 0.6 is 0 Å². The summed E-state index contributed by atoms with van der Waals surface area (Å²) < 4.78 is 37.4. The van der Waals surface area contributed by atoms with Crippen LogP contribution in [0, 0.1) is 11.6 Å². The van der Waals surface area contributed by atoms with Gasteiger partial charge >= 0.3 is 103 Å². The number of phenols is 4. The van der Waals surface area contributed by atoms with E-state index in [1.54, 1.807) is 97.1 Å². The molecule has 10 aromatic rings. The molecule has 0 aliphatic rings. The largest absolute Gasteiger partial charge is 1.00 e. The van der Waals surface area contributed by atoms with Crippen molar-refractivity contribution in [3.8, 4) is 46.0 Å². The van der Waals surface area contributed by atoms with Crippen molar-refractivity contribution in [3.05, 3.63) is 310 Å². The molecule has 0 amide bonds. The summed E-state index contributed by atoms with van der Waals surface area (Å²) in [5.41, 5.74) is 7.98. The fraction of sp³-hybridized carbons (Fsp3) is 0.192. The van der Waals surface area contributed by atoms with Crippen LogP contribution in [0.4, 0.5) is 8.78 Å². The summed E-state index contributed by atoms with van der Waals surface area (Å²) in [5, 5.41) is 46.3. The first-order chi connectivity index (χ1) is 40.6. The Morgan fingerprint density at radius 3 is 0.656 bits per heavy atom. The molecule has 4 N–H and O–H groups in total. The van der Waals surface area contributed by atoms with Crippen LogP contribution in [0.1, 0.15) is 153 Å². The summed E-state index contributed by atoms with van der Waals surface area (Å²) in [5.74, 6) is 2.60. The molecule has 0 saturated heterocycles. The maximum atomic E-state index is 13.2. The molecule has 0 aliphatic heterocycles. The van der Waals surface area contributed by atoms with Gasteiger partial charge in [0.25, 0.3) is 6.47 Å². The van der Waals surface area contributed by atoms with Crippen LogP contribution in [0.3, 0.4) is 0 Å². The molecular formula is C78H88F2K2O11. The monoisotopic (exact) mass is 1320 g/mol. The molecule has 11 nitrogen and oxygen atoms in total. The number of carbonyl (C=O) groups is 3. The van der Waals surface area contributed by atoms with Gasteiger partial charge in [-0.2, -0.15) is 0 Å². The molecule has 0 radical (unpaired) electrons. The average Bonchev–Trinajstić information content (AvgIpc) is 0.824. The molecule has 0 aromatic heterocycles. The maximum absolute atomic E-state index is 13.2. The van der Waals surface area contributed by atoms with Gasteiger partial charge in [0.05, 0.1) is 0 Å². The van der Waals surface area contributed by atoms with Gasteiger partial charge in [-0.05, 0) is 203 Å². The third-order valence-electron chi connectivity index (χ3n) is 14.5. The summed E-state index contributed by atoms with van der Waals surface area (Å²) in [6, 6.07) is 69.7. The van der Waals surface area contributed by atoms with Crippen LogP contribution in [0.15, 0.2) is 243 Å². The number of hydrogen-bond donors (Lipinski definition) is 4. The number of carbonyl (C=O) groups excluding carboxylic acids is 3. The summed E-state index contributed by atoms with van der Waals surface area (Å²) in [6.45, 7) is 12.6. The normalized spacial score (nSPS) is 10.0. The number of benzene rings is 10. The average molecular weight is 1320 g/mol. The quantitative estimate of drug-likeness (QED) is 0.0252. The molecule has 482 valence electrons. The summed E-state index contributed by atoms with van der Waals surface area (Å²) >= 11 is 0. The zero-order valence-electron chi connectivity index (χ0n) is 50.6. The maximum Gasteiger partial charge on any atom is 1.00 e. The van der Waals surface area contributed by atoms with E-state index in [0.29, 0.717) is 45.3 Å². The molecule has 0 fully saturated rings. The Balaban J connectivity index is -0.00000149. The van der Waals surface area contributed by atoms with Crippen molar-refractivity contribution < 1.29 is 167 Å². The summed E-state index contributed by atoms with van der Waals surface area (Å²) in [7, 11) is 0. The van der Waals surface area contributed by atoms with Crippen LogP contribution in [0.25, 0.3) is 0 Å². The van der Waals surface area contributed by atoms with Gasteiger partial charge in [0.2, 0.25) is 0 Å². The molecule has 10 aromatic carbocycles. The van der Waals surface area contributed by atoms with E-state index in [-0.39, 0.29) is 206 Å². The molecule has 0 bridgehead atoms. The molecule has 0 saturated carbocycles. The minimum atomic E-state index is -0.393. The van der Waals surface area contributed by atoms with Gasteiger partial charge in [0.1, 0.15) is 57.6 Å². The summed E-state index contributed by atoms with van der Waals surface area (Å²) in [4.78, 5) is 36.3. The molecule has 0 heterocycles. The van der Waals surface area contributed by atoms with Crippen molar-refractivity contribution in [2.75, 3.05) is 0 Å². The molecular weight excluding hydrogens is 1230 g/mol. The zero-order chi connectivity index (χ0) is 61.3. The van der Waals surface area contributed by atoms with Gasteiger partial charge in [-0.25, -0.2) is 8.78 Å². The van der Waals surface area contributed by atoms with Gasteiger partial charge in [0, 0.05) is 38.5 Å². The van der Waals surface area contributed by atoms with E-state index < -0.39 is 11.6 Å². The zero-order valence-corrected chi connectivity index (χ0v) is 55.8. The third kappa shape index (κ3) is 24.6. The van der Waals surface area contributed by atoms with Crippen molar-refractivity contribution in [1.82, 2.24) is 0 Å². The van der Waals surface area contributed by atoms with Crippen molar-refractivity contribution >= 4 is 18.0 Å². The Morgan fingerprint density at radius 1 is 0.333 bits per heavy atom. The number of hydrogen-bond acceptors (Lipinski definition) is 11. The van der Waals surface area contributed by atoms with Gasteiger partial charge in [-0.1, -0.05) is 159 Å². The van der Waals surface area contributed by atoms with Crippen LogP contribution in [-0.4, -0.2) is 38.5 Å². The van der Waals surface area contributed by atoms with Crippen LogP contribution in [0.5, 0.6) is 46.0 Å². The van der Waals surface area contributed by atoms with Crippen LogP contribution in [-0.2, 0) is 25.9 Å². The van der Waals surface area contributed by atoms with E-state index >= 15 is 0 Å². The SMILES string of the molecule is C.C.C.C.C.C.CC(C)(c1ccc(O)cc1)c1ccc(O)cc1.CC(C)(c1ccc(O)cc1)c1ccc(Oc2ccc(C(=O)c3ccc(Oc4ccc(C(C)(C)c5ccc(O)cc5)cc4)cc3)cc2)cc1.O=C(c1ccc(F)cc1)c1ccc(F)cc1.O=CO[O-].[H-].[K+].[K+]. The Hall–Kier alpha value is -7.10. The van der Waals surface area contributed by atoms with E-state index in [2.05, 4.69) is 46.4 Å². The second kappa shape index (κ2) is 40.9. The smallest absolute Gasteiger partial charge is 1.00 e.